The van der Waals surface area contributed by atoms with Crippen LogP contribution in [0.4, 0.5) is 18.9 Å². The molecule has 0 aliphatic heterocycles. The molecular formula is C21H28F3N7O3. The second-order valence-electron chi connectivity index (χ2n) is 8.35. The van der Waals surface area contributed by atoms with Crippen molar-refractivity contribution in [1.29, 1.82) is 0 Å². The van der Waals surface area contributed by atoms with Gasteiger partial charge in [0.05, 0.1) is 0 Å². The Labute approximate surface area is 194 Å². The van der Waals surface area contributed by atoms with E-state index in [0.29, 0.717) is 12.2 Å². The minimum absolute atomic E-state index is 0.00629. The zero-order chi connectivity index (χ0) is 24.6. The van der Waals surface area contributed by atoms with Crippen LogP contribution in [-0.4, -0.2) is 57.0 Å². The van der Waals surface area contributed by atoms with Gasteiger partial charge in [0.25, 0.3) is 0 Å². The van der Waals surface area contributed by atoms with E-state index >= 15 is 0 Å². The van der Waals surface area contributed by atoms with Crippen molar-refractivity contribution < 1.29 is 27.5 Å². The van der Waals surface area contributed by atoms with Gasteiger partial charge in [-0.3, -0.25) is 9.59 Å². The Balaban J connectivity index is 1.53. The lowest BCUT2D eigenvalue weighted by atomic mass is 9.75. The molecule has 2 aromatic rings. The van der Waals surface area contributed by atoms with Crippen LogP contribution >= 0.6 is 0 Å². The molecule has 1 saturated carbocycles. The number of amides is 2. The van der Waals surface area contributed by atoms with Gasteiger partial charge in [0.1, 0.15) is 24.2 Å². The summed E-state index contributed by atoms with van der Waals surface area (Å²) in [5.74, 6) is -0.977. The molecule has 1 fully saturated rings. The highest BCUT2D eigenvalue weighted by Gasteiger charge is 2.42. The van der Waals surface area contributed by atoms with Crippen LogP contribution in [0.5, 0.6) is 5.75 Å². The van der Waals surface area contributed by atoms with Crippen molar-refractivity contribution in [3.05, 3.63) is 30.6 Å². The molecule has 1 heterocycles. The smallest absolute Gasteiger partial charge is 0.406 e. The van der Waals surface area contributed by atoms with Crippen molar-refractivity contribution in [3.8, 4) is 5.75 Å². The SMILES string of the molecule is C[C@@](NC(=O)Cn1cnnn1)(C(=O)NCCNc1ccc(OC(F)(F)F)cc1)C1CCCCC1. The molecule has 1 atom stereocenters. The highest BCUT2D eigenvalue weighted by atomic mass is 19.4. The maximum atomic E-state index is 13.2. The molecule has 1 aromatic heterocycles. The number of anilines is 1. The van der Waals surface area contributed by atoms with E-state index < -0.39 is 11.9 Å². The molecule has 2 amide bonds. The largest absolute Gasteiger partial charge is 0.573 e. The summed E-state index contributed by atoms with van der Waals surface area (Å²) < 4.78 is 41.9. The van der Waals surface area contributed by atoms with E-state index in [9.17, 15) is 22.8 Å². The fourth-order valence-corrected chi connectivity index (χ4v) is 4.09. The molecule has 0 bridgehead atoms. The fraction of sp³-hybridized carbons (Fsp3) is 0.571. The lowest BCUT2D eigenvalue weighted by molar-refractivity contribution is -0.274. The predicted molar refractivity (Wildman–Crippen MR) is 116 cm³/mol. The summed E-state index contributed by atoms with van der Waals surface area (Å²) in [4.78, 5) is 25.8. The third kappa shape index (κ3) is 7.32. The molecule has 1 aliphatic rings. The van der Waals surface area contributed by atoms with Gasteiger partial charge in [0.15, 0.2) is 0 Å². The standard InChI is InChI=1S/C21H28F3N7O3/c1-20(15-5-3-2-4-6-15,28-18(32)13-31-14-27-29-30-31)19(33)26-12-11-25-16-7-9-17(10-8-16)34-21(22,23)24/h7-10,14-15,25H,2-6,11-13H2,1H3,(H,26,33)(H,28,32)/t20-/m0/s1. The summed E-state index contributed by atoms with van der Waals surface area (Å²) in [6.45, 7) is 2.23. The van der Waals surface area contributed by atoms with Gasteiger partial charge in [-0.2, -0.15) is 0 Å². The Kier molecular flexibility index (Phi) is 8.29. The number of alkyl halides is 3. The molecule has 0 radical (unpaired) electrons. The number of nitrogens with one attached hydrogen (secondary N) is 3. The molecule has 186 valence electrons. The molecule has 3 rings (SSSR count). The van der Waals surface area contributed by atoms with Gasteiger partial charge in [-0.05, 0) is 60.4 Å². The zero-order valence-electron chi connectivity index (χ0n) is 18.8. The van der Waals surface area contributed by atoms with Gasteiger partial charge in [-0.15, -0.1) is 18.3 Å². The quantitative estimate of drug-likeness (QED) is 0.443. The van der Waals surface area contributed by atoms with E-state index in [-0.39, 0.29) is 36.6 Å². The second-order valence-corrected chi connectivity index (χ2v) is 8.35. The summed E-state index contributed by atoms with van der Waals surface area (Å²) >= 11 is 0. The summed E-state index contributed by atoms with van der Waals surface area (Å²) in [6, 6.07) is 5.31. The summed E-state index contributed by atoms with van der Waals surface area (Å²) in [5.41, 5.74) is -0.518. The molecule has 13 heteroatoms. The lowest BCUT2D eigenvalue weighted by Crippen LogP contribution is -2.62. The van der Waals surface area contributed by atoms with E-state index in [1.165, 1.54) is 35.3 Å². The number of carbonyl (C=O) groups excluding carboxylic acids is 2. The molecule has 0 saturated heterocycles. The van der Waals surface area contributed by atoms with E-state index in [1.807, 2.05) is 0 Å². The molecule has 3 N–H and O–H groups in total. The first-order valence-electron chi connectivity index (χ1n) is 11.1. The molecule has 0 spiro atoms. The Morgan fingerprint density at radius 2 is 1.82 bits per heavy atom. The van der Waals surface area contributed by atoms with Gasteiger partial charge in [-0.25, -0.2) is 4.68 Å². The summed E-state index contributed by atoms with van der Waals surface area (Å²) in [6.07, 6.45) is 1.33. The monoisotopic (exact) mass is 483 g/mol. The van der Waals surface area contributed by atoms with Gasteiger partial charge in [0, 0.05) is 18.8 Å². The van der Waals surface area contributed by atoms with Crippen molar-refractivity contribution in [2.24, 2.45) is 5.92 Å². The van der Waals surface area contributed by atoms with Crippen LogP contribution in [0.1, 0.15) is 39.0 Å². The van der Waals surface area contributed by atoms with Crippen LogP contribution in [0.25, 0.3) is 0 Å². The molecule has 10 nitrogen and oxygen atoms in total. The Hall–Kier alpha value is -3.38. The average molecular weight is 483 g/mol. The number of carbonyl (C=O) groups is 2. The van der Waals surface area contributed by atoms with E-state index in [1.54, 1.807) is 6.92 Å². The number of tetrazole rings is 1. The molecule has 1 aliphatic carbocycles. The number of halogens is 3. The summed E-state index contributed by atoms with van der Waals surface area (Å²) in [5, 5.41) is 19.5. The van der Waals surface area contributed by atoms with Crippen LogP contribution in [0.2, 0.25) is 0 Å². The lowest BCUT2D eigenvalue weighted by Gasteiger charge is -2.39. The van der Waals surface area contributed by atoms with E-state index in [2.05, 4.69) is 36.2 Å². The molecule has 1 aromatic carbocycles. The number of rotatable bonds is 10. The third-order valence-corrected chi connectivity index (χ3v) is 5.82. The van der Waals surface area contributed by atoms with Crippen LogP contribution in [0, 0.1) is 5.92 Å². The highest BCUT2D eigenvalue weighted by Crippen LogP contribution is 2.33. The van der Waals surface area contributed by atoms with Crippen LogP contribution in [-0.2, 0) is 16.1 Å². The minimum atomic E-state index is -4.74. The van der Waals surface area contributed by atoms with E-state index in [4.69, 9.17) is 0 Å². The predicted octanol–water partition coefficient (Wildman–Crippen LogP) is 2.26. The average Bonchev–Trinajstić information content (AvgIpc) is 3.30. The molecule has 34 heavy (non-hydrogen) atoms. The highest BCUT2D eigenvalue weighted by molar-refractivity contribution is 5.91. The number of hydrogen-bond acceptors (Lipinski definition) is 7. The van der Waals surface area contributed by atoms with Crippen molar-refractivity contribution in [1.82, 2.24) is 30.8 Å². The Morgan fingerprint density at radius 1 is 1.12 bits per heavy atom. The molecular weight excluding hydrogens is 455 g/mol. The topological polar surface area (TPSA) is 123 Å². The van der Waals surface area contributed by atoms with Crippen molar-refractivity contribution in [2.75, 3.05) is 18.4 Å². The fourth-order valence-electron chi connectivity index (χ4n) is 4.09. The Morgan fingerprint density at radius 3 is 2.44 bits per heavy atom. The van der Waals surface area contributed by atoms with Crippen LogP contribution in [0.15, 0.2) is 30.6 Å². The Bertz CT molecular complexity index is 932. The maximum absolute atomic E-state index is 13.2. The minimum Gasteiger partial charge on any atom is -0.406 e. The maximum Gasteiger partial charge on any atom is 0.573 e. The number of nitrogens with zero attached hydrogens (tertiary/aromatic N) is 4. The van der Waals surface area contributed by atoms with Crippen molar-refractivity contribution in [3.63, 3.8) is 0 Å². The first-order valence-corrected chi connectivity index (χ1v) is 11.1. The number of benzene rings is 1. The van der Waals surface area contributed by atoms with Gasteiger partial charge in [-0.1, -0.05) is 19.3 Å². The second kappa shape index (κ2) is 11.2. The van der Waals surface area contributed by atoms with Gasteiger partial charge in [0.2, 0.25) is 11.8 Å². The van der Waals surface area contributed by atoms with Crippen LogP contribution in [0.3, 0.4) is 0 Å². The van der Waals surface area contributed by atoms with Crippen molar-refractivity contribution in [2.45, 2.75) is 57.5 Å². The first kappa shape index (κ1) is 25.2. The van der Waals surface area contributed by atoms with Crippen molar-refractivity contribution >= 4 is 17.5 Å². The zero-order valence-corrected chi connectivity index (χ0v) is 18.8. The first-order chi connectivity index (χ1) is 16.2. The third-order valence-electron chi connectivity index (χ3n) is 5.82. The molecule has 0 unspecified atom stereocenters. The normalized spacial score (nSPS) is 16.4. The van der Waals surface area contributed by atoms with E-state index in [0.717, 1.165) is 32.1 Å². The number of aromatic nitrogens is 4. The van der Waals surface area contributed by atoms with Crippen LogP contribution < -0.4 is 20.7 Å². The van der Waals surface area contributed by atoms with Gasteiger partial charge < -0.3 is 20.7 Å². The van der Waals surface area contributed by atoms with Gasteiger partial charge >= 0.3 is 6.36 Å². The number of hydrogen-bond donors (Lipinski definition) is 3. The summed E-state index contributed by atoms with van der Waals surface area (Å²) in [7, 11) is 0. The number of ether oxygens (including phenoxy) is 1.